The summed E-state index contributed by atoms with van der Waals surface area (Å²) < 4.78 is 19.1. The Morgan fingerprint density at radius 3 is 2.69 bits per heavy atom. The summed E-state index contributed by atoms with van der Waals surface area (Å²) >= 11 is 6.12. The van der Waals surface area contributed by atoms with Crippen LogP contribution in [0.2, 0.25) is 5.02 Å². The fourth-order valence-corrected chi connectivity index (χ4v) is 3.03. The Bertz CT molecular complexity index is 913. The second kappa shape index (κ2) is 7.25. The summed E-state index contributed by atoms with van der Waals surface area (Å²) in [7, 11) is 2.82. The number of amides is 1. The van der Waals surface area contributed by atoms with Crippen molar-refractivity contribution in [1.82, 2.24) is 0 Å². The van der Waals surface area contributed by atoms with Crippen molar-refractivity contribution in [2.24, 2.45) is 4.99 Å². The molecule has 26 heavy (non-hydrogen) atoms. The molecule has 7 heteroatoms. The number of ether oxygens (including phenoxy) is 1. The van der Waals surface area contributed by atoms with Gasteiger partial charge in [-0.3, -0.25) is 14.6 Å². The Balaban J connectivity index is 2.24. The molecule has 1 aliphatic rings. The van der Waals surface area contributed by atoms with Crippen LogP contribution < -0.4 is 4.90 Å². The Labute approximate surface area is 155 Å². The summed E-state index contributed by atoms with van der Waals surface area (Å²) in [4.78, 5) is 30.3. The molecule has 0 aromatic heterocycles. The van der Waals surface area contributed by atoms with Crippen molar-refractivity contribution in [3.05, 3.63) is 64.4 Å². The number of aliphatic imine (C=N–C) groups is 1. The molecule has 3 rings (SSSR count). The maximum absolute atomic E-state index is 14.4. The molecular formula is C19H16ClFN2O3. The van der Waals surface area contributed by atoms with Crippen LogP contribution in [0, 0.1) is 5.82 Å². The number of carbonyl (C=O) groups excluding carboxylic acids is 2. The highest BCUT2D eigenvalue weighted by Crippen LogP contribution is 2.31. The van der Waals surface area contributed by atoms with E-state index in [4.69, 9.17) is 11.6 Å². The van der Waals surface area contributed by atoms with Crippen molar-refractivity contribution < 1.29 is 18.7 Å². The molecular weight excluding hydrogens is 359 g/mol. The molecule has 0 saturated carbocycles. The quantitative estimate of drug-likeness (QED) is 0.775. The van der Waals surface area contributed by atoms with Gasteiger partial charge in [-0.15, -0.1) is 0 Å². The average Bonchev–Trinajstić information content (AvgIpc) is 2.72. The number of anilines is 1. The van der Waals surface area contributed by atoms with Crippen molar-refractivity contribution in [1.29, 1.82) is 0 Å². The maximum Gasteiger partial charge on any atom is 0.308 e. The molecule has 2 aromatic rings. The largest absolute Gasteiger partial charge is 0.469 e. The van der Waals surface area contributed by atoms with Gasteiger partial charge in [0.1, 0.15) is 11.9 Å². The SMILES string of the molecule is COC(=O)C[C@@H]1N=C(c2ccccc2F)c2cc(Cl)ccc2N(C)C1=O. The summed E-state index contributed by atoms with van der Waals surface area (Å²) in [6.45, 7) is 0. The maximum atomic E-state index is 14.4. The van der Waals surface area contributed by atoms with Gasteiger partial charge in [-0.2, -0.15) is 0 Å². The lowest BCUT2D eigenvalue weighted by molar-refractivity contribution is -0.142. The van der Waals surface area contributed by atoms with Crippen LogP contribution in [-0.2, 0) is 14.3 Å². The van der Waals surface area contributed by atoms with Gasteiger partial charge in [0.2, 0.25) is 0 Å². The number of halogens is 2. The number of methoxy groups -OCH3 is 1. The van der Waals surface area contributed by atoms with Crippen LogP contribution >= 0.6 is 11.6 Å². The van der Waals surface area contributed by atoms with E-state index in [9.17, 15) is 14.0 Å². The fraction of sp³-hybridized carbons (Fsp3) is 0.211. The third-order valence-corrected chi connectivity index (χ3v) is 4.43. The van der Waals surface area contributed by atoms with E-state index in [1.807, 2.05) is 0 Å². The van der Waals surface area contributed by atoms with Gasteiger partial charge in [0.05, 0.1) is 24.9 Å². The number of nitrogens with zero attached hydrogens (tertiary/aromatic N) is 2. The smallest absolute Gasteiger partial charge is 0.308 e. The predicted molar refractivity (Wildman–Crippen MR) is 97.3 cm³/mol. The van der Waals surface area contributed by atoms with Gasteiger partial charge in [0.25, 0.3) is 5.91 Å². The van der Waals surface area contributed by atoms with Crippen molar-refractivity contribution in [2.75, 3.05) is 19.1 Å². The molecule has 0 spiro atoms. The minimum atomic E-state index is -1.02. The monoisotopic (exact) mass is 374 g/mol. The normalized spacial score (nSPS) is 16.6. The van der Waals surface area contributed by atoms with E-state index in [0.29, 0.717) is 16.3 Å². The van der Waals surface area contributed by atoms with Crippen LogP contribution in [0.3, 0.4) is 0 Å². The average molecular weight is 375 g/mol. The zero-order chi connectivity index (χ0) is 18.8. The van der Waals surface area contributed by atoms with Crippen molar-refractivity contribution in [3.8, 4) is 0 Å². The van der Waals surface area contributed by atoms with Crippen molar-refractivity contribution in [2.45, 2.75) is 12.5 Å². The Morgan fingerprint density at radius 2 is 2.00 bits per heavy atom. The van der Waals surface area contributed by atoms with E-state index in [2.05, 4.69) is 9.73 Å². The third kappa shape index (κ3) is 3.32. The number of esters is 1. The predicted octanol–water partition coefficient (Wildman–Crippen LogP) is 3.22. The van der Waals surface area contributed by atoms with E-state index >= 15 is 0 Å². The molecule has 0 fully saturated rings. The molecule has 0 aliphatic carbocycles. The van der Waals surface area contributed by atoms with Gasteiger partial charge in [0, 0.05) is 23.2 Å². The van der Waals surface area contributed by atoms with Gasteiger partial charge in [-0.05, 0) is 30.3 Å². The highest BCUT2D eigenvalue weighted by atomic mass is 35.5. The molecule has 0 bridgehead atoms. The van der Waals surface area contributed by atoms with E-state index < -0.39 is 17.8 Å². The zero-order valence-electron chi connectivity index (χ0n) is 14.2. The lowest BCUT2D eigenvalue weighted by Crippen LogP contribution is -2.36. The molecule has 1 aliphatic heterocycles. The second-order valence-corrected chi connectivity index (χ2v) is 6.25. The topological polar surface area (TPSA) is 59.0 Å². The number of rotatable bonds is 3. The molecule has 134 valence electrons. The van der Waals surface area contributed by atoms with Gasteiger partial charge in [0.15, 0.2) is 0 Å². The second-order valence-electron chi connectivity index (χ2n) is 5.81. The lowest BCUT2D eigenvalue weighted by Gasteiger charge is -2.20. The Morgan fingerprint density at radius 1 is 1.27 bits per heavy atom. The van der Waals surface area contributed by atoms with Crippen LogP contribution in [0.1, 0.15) is 17.5 Å². The molecule has 0 radical (unpaired) electrons. The van der Waals surface area contributed by atoms with Gasteiger partial charge >= 0.3 is 5.97 Å². The lowest BCUT2D eigenvalue weighted by atomic mass is 10.00. The van der Waals surface area contributed by atoms with E-state index in [1.165, 1.54) is 18.1 Å². The Kier molecular flexibility index (Phi) is 5.04. The van der Waals surface area contributed by atoms with Gasteiger partial charge in [-0.25, -0.2) is 4.39 Å². The van der Waals surface area contributed by atoms with E-state index in [-0.39, 0.29) is 23.6 Å². The van der Waals surface area contributed by atoms with Crippen molar-refractivity contribution >= 4 is 34.9 Å². The molecule has 0 unspecified atom stereocenters. The van der Waals surface area contributed by atoms with Crippen LogP contribution in [0.25, 0.3) is 0 Å². The fourth-order valence-electron chi connectivity index (χ4n) is 2.86. The number of carbonyl (C=O) groups is 2. The summed E-state index contributed by atoms with van der Waals surface area (Å²) in [5, 5.41) is 0.431. The van der Waals surface area contributed by atoms with Crippen LogP contribution in [0.15, 0.2) is 47.5 Å². The minimum absolute atomic E-state index is 0.231. The van der Waals surface area contributed by atoms with Crippen LogP contribution in [0.5, 0.6) is 0 Å². The van der Waals surface area contributed by atoms with E-state index in [0.717, 1.165) is 0 Å². The first-order chi connectivity index (χ1) is 12.4. The molecule has 0 N–H and O–H groups in total. The van der Waals surface area contributed by atoms with Gasteiger partial charge in [-0.1, -0.05) is 23.7 Å². The number of hydrogen-bond acceptors (Lipinski definition) is 4. The molecule has 1 atom stereocenters. The molecule has 1 amide bonds. The molecule has 1 heterocycles. The number of likely N-dealkylation sites (N-methyl/N-ethyl adjacent to an activating group) is 1. The standard InChI is InChI=1S/C19H16ClFN2O3/c1-23-16-8-7-11(20)9-13(16)18(12-5-3-4-6-14(12)21)22-15(19(23)25)10-17(24)26-2/h3-9,15H,10H2,1-2H3/t15-/m0/s1. The summed E-state index contributed by atoms with van der Waals surface area (Å²) in [5.41, 5.74) is 1.56. The summed E-state index contributed by atoms with van der Waals surface area (Å²) in [5.74, 6) is -1.44. The Hall–Kier alpha value is -2.73. The highest BCUT2D eigenvalue weighted by molar-refractivity contribution is 6.32. The molecule has 5 nitrogen and oxygen atoms in total. The number of fused-ring (bicyclic) bond motifs is 1. The first-order valence-electron chi connectivity index (χ1n) is 7.89. The first kappa shape index (κ1) is 18.1. The van der Waals surface area contributed by atoms with Crippen molar-refractivity contribution in [3.63, 3.8) is 0 Å². The van der Waals surface area contributed by atoms with Crippen LogP contribution in [0.4, 0.5) is 10.1 Å². The molecule has 0 saturated heterocycles. The number of hydrogen-bond donors (Lipinski definition) is 0. The van der Waals surface area contributed by atoms with Gasteiger partial charge < -0.3 is 9.64 Å². The number of benzene rings is 2. The zero-order valence-corrected chi connectivity index (χ0v) is 15.0. The summed E-state index contributed by atoms with van der Waals surface area (Å²) in [6, 6.07) is 10.1. The number of benzodiazepines with no additional fused rings is 1. The molecule has 2 aromatic carbocycles. The third-order valence-electron chi connectivity index (χ3n) is 4.19. The van der Waals surface area contributed by atoms with Crippen LogP contribution in [-0.4, -0.2) is 37.8 Å². The van der Waals surface area contributed by atoms with E-state index in [1.54, 1.807) is 43.4 Å². The highest BCUT2D eigenvalue weighted by Gasteiger charge is 2.32. The minimum Gasteiger partial charge on any atom is -0.469 e. The first-order valence-corrected chi connectivity index (χ1v) is 8.27. The summed E-state index contributed by atoms with van der Waals surface area (Å²) in [6.07, 6.45) is -0.237.